The fourth-order valence-electron chi connectivity index (χ4n) is 1.56. The third kappa shape index (κ3) is 2.14. The van der Waals surface area contributed by atoms with Crippen LogP contribution >= 0.6 is 0 Å². The number of anilines is 1. The van der Waals surface area contributed by atoms with E-state index in [1.807, 2.05) is 36.0 Å². The Hall–Kier alpha value is -2.03. The first-order valence-electron chi connectivity index (χ1n) is 5.20. The molecule has 0 spiro atoms. The average molecular weight is 213 g/mol. The standard InChI is InChI=1S/C13H15N3/c1-3-11-4-6-12(7-5-11)9-16-8-10(2)13(14)15-16/h3-8H,1,9H2,2H3,(H2,14,15). The fourth-order valence-corrected chi connectivity index (χ4v) is 1.56. The monoisotopic (exact) mass is 213 g/mol. The van der Waals surface area contributed by atoms with Gasteiger partial charge in [-0.15, -0.1) is 0 Å². The van der Waals surface area contributed by atoms with Gasteiger partial charge in [0, 0.05) is 11.8 Å². The Morgan fingerprint density at radius 1 is 1.38 bits per heavy atom. The lowest BCUT2D eigenvalue weighted by Gasteiger charge is -2.02. The van der Waals surface area contributed by atoms with Crippen LogP contribution in [-0.2, 0) is 6.54 Å². The van der Waals surface area contributed by atoms with Gasteiger partial charge in [-0.3, -0.25) is 4.68 Å². The van der Waals surface area contributed by atoms with Gasteiger partial charge in [-0.1, -0.05) is 36.9 Å². The summed E-state index contributed by atoms with van der Waals surface area (Å²) < 4.78 is 1.85. The molecule has 1 heterocycles. The van der Waals surface area contributed by atoms with E-state index >= 15 is 0 Å². The van der Waals surface area contributed by atoms with Crippen molar-refractivity contribution in [1.82, 2.24) is 9.78 Å². The second kappa shape index (κ2) is 4.23. The number of aromatic nitrogens is 2. The van der Waals surface area contributed by atoms with E-state index in [1.54, 1.807) is 0 Å². The van der Waals surface area contributed by atoms with Gasteiger partial charge < -0.3 is 5.73 Å². The maximum atomic E-state index is 5.69. The molecule has 0 fully saturated rings. The molecule has 0 saturated carbocycles. The van der Waals surface area contributed by atoms with Crippen molar-refractivity contribution in [2.24, 2.45) is 0 Å². The molecule has 0 amide bonds. The van der Waals surface area contributed by atoms with Crippen LogP contribution in [0.3, 0.4) is 0 Å². The number of rotatable bonds is 3. The summed E-state index contributed by atoms with van der Waals surface area (Å²) >= 11 is 0. The number of nitrogen functional groups attached to an aromatic ring is 1. The number of hydrogen-bond acceptors (Lipinski definition) is 2. The molecule has 2 aromatic rings. The van der Waals surface area contributed by atoms with E-state index in [0.29, 0.717) is 5.82 Å². The summed E-state index contributed by atoms with van der Waals surface area (Å²) in [7, 11) is 0. The van der Waals surface area contributed by atoms with Crippen LogP contribution < -0.4 is 5.73 Å². The lowest BCUT2D eigenvalue weighted by molar-refractivity contribution is 0.690. The smallest absolute Gasteiger partial charge is 0.148 e. The molecule has 3 heteroatoms. The average Bonchev–Trinajstić information content (AvgIpc) is 2.59. The maximum Gasteiger partial charge on any atom is 0.148 e. The van der Waals surface area contributed by atoms with Gasteiger partial charge in [-0.2, -0.15) is 5.10 Å². The van der Waals surface area contributed by atoms with Crippen molar-refractivity contribution in [3.63, 3.8) is 0 Å². The molecule has 82 valence electrons. The molecule has 2 N–H and O–H groups in total. The first-order chi connectivity index (χ1) is 7.69. The molecule has 1 aromatic carbocycles. The summed E-state index contributed by atoms with van der Waals surface area (Å²) in [4.78, 5) is 0. The molecule has 16 heavy (non-hydrogen) atoms. The number of hydrogen-bond donors (Lipinski definition) is 1. The van der Waals surface area contributed by atoms with Gasteiger partial charge in [0.05, 0.1) is 6.54 Å². The maximum absolute atomic E-state index is 5.69. The van der Waals surface area contributed by atoms with E-state index in [4.69, 9.17) is 5.73 Å². The summed E-state index contributed by atoms with van der Waals surface area (Å²) in [5.41, 5.74) is 9.04. The highest BCUT2D eigenvalue weighted by atomic mass is 15.3. The molecule has 3 nitrogen and oxygen atoms in total. The molecule has 0 saturated heterocycles. The highest BCUT2D eigenvalue weighted by Gasteiger charge is 2.01. The molecule has 0 aliphatic carbocycles. The Kier molecular flexibility index (Phi) is 2.77. The Morgan fingerprint density at radius 2 is 2.06 bits per heavy atom. The molecule has 2 rings (SSSR count). The number of aryl methyl sites for hydroxylation is 1. The van der Waals surface area contributed by atoms with E-state index in [1.165, 1.54) is 5.56 Å². The van der Waals surface area contributed by atoms with Gasteiger partial charge in [0.2, 0.25) is 0 Å². The van der Waals surface area contributed by atoms with E-state index in [-0.39, 0.29) is 0 Å². The van der Waals surface area contributed by atoms with Crippen molar-refractivity contribution in [2.75, 3.05) is 5.73 Å². The van der Waals surface area contributed by atoms with Gasteiger partial charge in [0.15, 0.2) is 0 Å². The third-order valence-corrected chi connectivity index (χ3v) is 2.54. The molecule has 1 aromatic heterocycles. The quantitative estimate of drug-likeness (QED) is 0.851. The zero-order chi connectivity index (χ0) is 11.5. The normalized spacial score (nSPS) is 10.3. The van der Waals surface area contributed by atoms with Crippen LogP contribution in [0.25, 0.3) is 6.08 Å². The molecular formula is C13H15N3. The summed E-state index contributed by atoms with van der Waals surface area (Å²) in [6, 6.07) is 8.23. The van der Waals surface area contributed by atoms with Crippen molar-refractivity contribution in [1.29, 1.82) is 0 Å². The molecule has 0 aliphatic rings. The van der Waals surface area contributed by atoms with E-state index in [2.05, 4.69) is 23.8 Å². The first-order valence-corrected chi connectivity index (χ1v) is 5.20. The Morgan fingerprint density at radius 3 is 2.56 bits per heavy atom. The SMILES string of the molecule is C=Cc1ccc(Cn2cc(C)c(N)n2)cc1. The highest BCUT2D eigenvalue weighted by molar-refractivity contribution is 5.47. The topological polar surface area (TPSA) is 43.8 Å². The van der Waals surface area contributed by atoms with Crippen LogP contribution in [0.5, 0.6) is 0 Å². The molecule has 0 bridgehead atoms. The number of nitrogens with two attached hydrogens (primary N) is 1. The Balaban J connectivity index is 2.17. The van der Waals surface area contributed by atoms with Crippen LogP contribution in [0, 0.1) is 6.92 Å². The largest absolute Gasteiger partial charge is 0.382 e. The minimum Gasteiger partial charge on any atom is -0.382 e. The van der Waals surface area contributed by atoms with Crippen molar-refractivity contribution in [2.45, 2.75) is 13.5 Å². The van der Waals surface area contributed by atoms with Crippen molar-refractivity contribution in [3.05, 3.63) is 53.7 Å². The fraction of sp³-hybridized carbons (Fsp3) is 0.154. The molecule has 0 atom stereocenters. The van der Waals surface area contributed by atoms with Crippen LogP contribution in [0.4, 0.5) is 5.82 Å². The second-order valence-corrected chi connectivity index (χ2v) is 3.84. The van der Waals surface area contributed by atoms with Gasteiger partial charge in [0.1, 0.15) is 5.82 Å². The molecule has 0 unspecified atom stereocenters. The van der Waals surface area contributed by atoms with Gasteiger partial charge in [-0.25, -0.2) is 0 Å². The summed E-state index contributed by atoms with van der Waals surface area (Å²) in [6.45, 7) is 6.43. The summed E-state index contributed by atoms with van der Waals surface area (Å²) in [5.74, 6) is 0.600. The highest BCUT2D eigenvalue weighted by Crippen LogP contribution is 2.10. The lowest BCUT2D eigenvalue weighted by atomic mass is 10.1. The second-order valence-electron chi connectivity index (χ2n) is 3.84. The predicted molar refractivity (Wildman–Crippen MR) is 67.0 cm³/mol. The predicted octanol–water partition coefficient (Wildman–Crippen LogP) is 2.47. The Bertz CT molecular complexity index is 475. The minimum absolute atomic E-state index is 0.600. The number of benzene rings is 1. The van der Waals surface area contributed by atoms with Crippen LogP contribution in [0.15, 0.2) is 37.0 Å². The van der Waals surface area contributed by atoms with E-state index in [0.717, 1.165) is 17.7 Å². The molecular weight excluding hydrogens is 198 g/mol. The molecule has 0 aliphatic heterocycles. The van der Waals surface area contributed by atoms with Gasteiger partial charge in [0.25, 0.3) is 0 Å². The summed E-state index contributed by atoms with van der Waals surface area (Å²) in [6.07, 6.45) is 3.79. The van der Waals surface area contributed by atoms with Gasteiger partial charge in [-0.05, 0) is 18.1 Å². The first kappa shape index (κ1) is 10.5. The van der Waals surface area contributed by atoms with E-state index in [9.17, 15) is 0 Å². The van der Waals surface area contributed by atoms with Crippen LogP contribution in [0.1, 0.15) is 16.7 Å². The van der Waals surface area contributed by atoms with Crippen molar-refractivity contribution >= 4 is 11.9 Å². The zero-order valence-corrected chi connectivity index (χ0v) is 9.35. The van der Waals surface area contributed by atoms with Crippen LogP contribution in [0.2, 0.25) is 0 Å². The Labute approximate surface area is 95.2 Å². The third-order valence-electron chi connectivity index (χ3n) is 2.54. The van der Waals surface area contributed by atoms with E-state index < -0.39 is 0 Å². The van der Waals surface area contributed by atoms with Crippen LogP contribution in [-0.4, -0.2) is 9.78 Å². The minimum atomic E-state index is 0.600. The van der Waals surface area contributed by atoms with Crippen molar-refractivity contribution in [3.8, 4) is 0 Å². The van der Waals surface area contributed by atoms with Gasteiger partial charge >= 0.3 is 0 Å². The molecule has 0 radical (unpaired) electrons. The number of nitrogens with zero attached hydrogens (tertiary/aromatic N) is 2. The lowest BCUT2D eigenvalue weighted by Crippen LogP contribution is -2.00. The zero-order valence-electron chi connectivity index (χ0n) is 9.35. The summed E-state index contributed by atoms with van der Waals surface area (Å²) in [5, 5.41) is 4.22. The van der Waals surface area contributed by atoms with Crippen molar-refractivity contribution < 1.29 is 0 Å².